The Morgan fingerprint density at radius 3 is 2.72 bits per heavy atom. The van der Waals surface area contributed by atoms with Gasteiger partial charge in [-0.15, -0.1) is 0 Å². The largest absolute Gasteiger partial charge is 0.468 e. The van der Waals surface area contributed by atoms with Crippen molar-refractivity contribution in [2.45, 2.75) is 43.4 Å². The highest BCUT2D eigenvalue weighted by Crippen LogP contribution is 2.34. The van der Waals surface area contributed by atoms with Gasteiger partial charge in [0, 0.05) is 6.54 Å². The Hall–Kier alpha value is -0.620. The zero-order chi connectivity index (χ0) is 13.4. The van der Waals surface area contributed by atoms with E-state index in [1.807, 2.05) is 0 Å². The van der Waals surface area contributed by atoms with Crippen molar-refractivity contribution in [1.29, 1.82) is 0 Å². The SMILES string of the molecule is COC(=O)C1(C)CC(C2CCCCS2(=O)=O)CN1. The molecule has 0 aliphatic carbocycles. The molecule has 0 aromatic carbocycles. The fraction of sp³-hybridized carbons (Fsp3) is 0.917. The maximum atomic E-state index is 12.1. The standard InChI is InChI=1S/C12H21NO4S/c1-12(11(14)17-2)7-9(8-13-12)10-5-3-4-6-18(10,15)16/h9-10,13H,3-8H2,1-2H3. The van der Waals surface area contributed by atoms with Gasteiger partial charge in [0.1, 0.15) is 5.54 Å². The number of hydrogen-bond acceptors (Lipinski definition) is 5. The molecule has 104 valence electrons. The molecule has 0 saturated carbocycles. The zero-order valence-electron chi connectivity index (χ0n) is 10.9. The summed E-state index contributed by atoms with van der Waals surface area (Å²) in [6.07, 6.45) is 3.01. The molecule has 1 N–H and O–H groups in total. The minimum absolute atomic E-state index is 0.0272. The molecule has 0 aromatic heterocycles. The lowest BCUT2D eigenvalue weighted by Gasteiger charge is -2.27. The lowest BCUT2D eigenvalue weighted by Crippen LogP contribution is -2.45. The van der Waals surface area contributed by atoms with Gasteiger partial charge in [0.15, 0.2) is 9.84 Å². The van der Waals surface area contributed by atoms with Crippen LogP contribution in [0.4, 0.5) is 0 Å². The number of methoxy groups -OCH3 is 1. The van der Waals surface area contributed by atoms with Gasteiger partial charge in [0.2, 0.25) is 0 Å². The van der Waals surface area contributed by atoms with E-state index in [1.54, 1.807) is 6.92 Å². The summed E-state index contributed by atoms with van der Waals surface area (Å²) in [5.74, 6) is 0.0148. The summed E-state index contributed by atoms with van der Waals surface area (Å²) in [4.78, 5) is 11.7. The molecule has 5 nitrogen and oxygen atoms in total. The van der Waals surface area contributed by atoms with Crippen molar-refractivity contribution >= 4 is 15.8 Å². The molecule has 0 radical (unpaired) electrons. The summed E-state index contributed by atoms with van der Waals surface area (Å²) in [7, 11) is -1.62. The van der Waals surface area contributed by atoms with Crippen LogP contribution in [-0.2, 0) is 19.4 Å². The van der Waals surface area contributed by atoms with Crippen LogP contribution < -0.4 is 5.32 Å². The number of rotatable bonds is 2. The first-order chi connectivity index (χ1) is 8.39. The van der Waals surface area contributed by atoms with Crippen molar-refractivity contribution in [3.63, 3.8) is 0 Å². The highest BCUT2D eigenvalue weighted by Gasteiger charge is 2.47. The van der Waals surface area contributed by atoms with Gasteiger partial charge in [-0.2, -0.15) is 0 Å². The van der Waals surface area contributed by atoms with Gasteiger partial charge >= 0.3 is 5.97 Å². The van der Waals surface area contributed by atoms with Crippen molar-refractivity contribution in [2.24, 2.45) is 5.92 Å². The van der Waals surface area contributed by atoms with E-state index in [4.69, 9.17) is 4.74 Å². The predicted octanol–water partition coefficient (Wildman–Crippen LogP) is 0.495. The second-order valence-electron chi connectivity index (χ2n) is 5.57. The lowest BCUT2D eigenvalue weighted by atomic mass is 9.91. The van der Waals surface area contributed by atoms with Gasteiger partial charge in [-0.3, -0.25) is 4.79 Å². The van der Waals surface area contributed by atoms with Gasteiger partial charge in [-0.05, 0) is 32.1 Å². The van der Waals surface area contributed by atoms with Crippen molar-refractivity contribution in [3.8, 4) is 0 Å². The van der Waals surface area contributed by atoms with Gasteiger partial charge in [0.25, 0.3) is 0 Å². The summed E-state index contributed by atoms with van der Waals surface area (Å²) in [6, 6.07) is 0. The van der Waals surface area contributed by atoms with E-state index in [-0.39, 0.29) is 17.1 Å². The summed E-state index contributed by atoms with van der Waals surface area (Å²) in [5.41, 5.74) is -0.730. The number of carbonyl (C=O) groups excluding carboxylic acids is 1. The van der Waals surface area contributed by atoms with Gasteiger partial charge in [-0.1, -0.05) is 6.42 Å². The van der Waals surface area contributed by atoms with E-state index in [0.717, 1.165) is 19.3 Å². The highest BCUT2D eigenvalue weighted by molar-refractivity contribution is 7.92. The molecular formula is C12H21NO4S. The van der Waals surface area contributed by atoms with E-state index >= 15 is 0 Å². The Morgan fingerprint density at radius 1 is 1.39 bits per heavy atom. The molecule has 3 unspecified atom stereocenters. The molecule has 0 spiro atoms. The molecule has 2 rings (SSSR count). The molecular weight excluding hydrogens is 254 g/mol. The van der Waals surface area contributed by atoms with Crippen LogP contribution in [0.1, 0.15) is 32.6 Å². The maximum Gasteiger partial charge on any atom is 0.325 e. The zero-order valence-corrected chi connectivity index (χ0v) is 11.8. The lowest BCUT2D eigenvalue weighted by molar-refractivity contribution is -0.147. The van der Waals surface area contributed by atoms with E-state index in [9.17, 15) is 13.2 Å². The van der Waals surface area contributed by atoms with Gasteiger partial charge in [0.05, 0.1) is 18.1 Å². The second kappa shape index (κ2) is 4.81. The first-order valence-electron chi connectivity index (χ1n) is 6.44. The molecule has 3 atom stereocenters. The molecule has 2 aliphatic heterocycles. The second-order valence-corrected chi connectivity index (χ2v) is 7.91. The van der Waals surface area contributed by atoms with Crippen molar-refractivity contribution in [1.82, 2.24) is 5.32 Å². The Morgan fingerprint density at radius 2 is 2.11 bits per heavy atom. The van der Waals surface area contributed by atoms with Gasteiger partial charge < -0.3 is 10.1 Å². The minimum atomic E-state index is -2.98. The fourth-order valence-electron chi connectivity index (χ4n) is 3.18. The Kier molecular flexibility index (Phi) is 3.69. The molecule has 2 saturated heterocycles. The van der Waals surface area contributed by atoms with Crippen LogP contribution >= 0.6 is 0 Å². The van der Waals surface area contributed by atoms with Gasteiger partial charge in [-0.25, -0.2) is 8.42 Å². The molecule has 6 heteroatoms. The number of carbonyl (C=O) groups is 1. The fourth-order valence-corrected chi connectivity index (χ4v) is 5.39. The average Bonchev–Trinajstić information content (AvgIpc) is 2.71. The van der Waals surface area contributed by atoms with Crippen molar-refractivity contribution < 1.29 is 17.9 Å². The topological polar surface area (TPSA) is 72.5 Å². The molecule has 2 aliphatic rings. The third kappa shape index (κ3) is 2.40. The highest BCUT2D eigenvalue weighted by atomic mass is 32.2. The average molecular weight is 275 g/mol. The van der Waals surface area contributed by atoms with E-state index < -0.39 is 15.4 Å². The third-order valence-electron chi connectivity index (χ3n) is 4.22. The molecule has 2 heterocycles. The summed E-state index contributed by atoms with van der Waals surface area (Å²) >= 11 is 0. The summed E-state index contributed by atoms with van der Waals surface area (Å²) in [5, 5.41) is 2.84. The summed E-state index contributed by atoms with van der Waals surface area (Å²) < 4.78 is 28.9. The van der Waals surface area contributed by atoms with Crippen LogP contribution in [0.2, 0.25) is 0 Å². The Balaban J connectivity index is 2.11. The monoisotopic (exact) mass is 275 g/mol. The van der Waals surface area contributed by atoms with Crippen molar-refractivity contribution in [3.05, 3.63) is 0 Å². The minimum Gasteiger partial charge on any atom is -0.468 e. The third-order valence-corrected chi connectivity index (χ3v) is 6.62. The Labute approximate surface area is 108 Å². The predicted molar refractivity (Wildman–Crippen MR) is 68.0 cm³/mol. The van der Waals surface area contributed by atoms with Crippen LogP contribution in [0.25, 0.3) is 0 Å². The molecule has 0 amide bonds. The van der Waals surface area contributed by atoms with Crippen LogP contribution in [0.5, 0.6) is 0 Å². The van der Waals surface area contributed by atoms with E-state index in [0.29, 0.717) is 18.7 Å². The molecule has 2 fully saturated rings. The first kappa shape index (κ1) is 13.8. The quantitative estimate of drug-likeness (QED) is 0.743. The van der Waals surface area contributed by atoms with Crippen molar-refractivity contribution in [2.75, 3.05) is 19.4 Å². The molecule has 0 aromatic rings. The maximum absolute atomic E-state index is 12.1. The number of ether oxygens (including phenoxy) is 1. The first-order valence-corrected chi connectivity index (χ1v) is 8.15. The molecule has 0 bridgehead atoms. The van der Waals surface area contributed by atoms with E-state index in [2.05, 4.69) is 5.32 Å². The molecule has 18 heavy (non-hydrogen) atoms. The number of nitrogens with one attached hydrogen (secondary N) is 1. The van der Waals surface area contributed by atoms with Crippen LogP contribution in [0, 0.1) is 5.92 Å². The number of sulfone groups is 1. The number of esters is 1. The van der Waals surface area contributed by atoms with E-state index in [1.165, 1.54) is 7.11 Å². The number of hydrogen-bond donors (Lipinski definition) is 1. The smallest absolute Gasteiger partial charge is 0.325 e. The Bertz CT molecular complexity index is 433. The van der Waals surface area contributed by atoms with Crippen LogP contribution in [0.3, 0.4) is 0 Å². The summed E-state index contributed by atoms with van der Waals surface area (Å²) in [6.45, 7) is 2.36. The van der Waals surface area contributed by atoms with Crippen LogP contribution in [-0.4, -0.2) is 44.6 Å². The normalized spacial score (nSPS) is 39.4. The van der Waals surface area contributed by atoms with Crippen LogP contribution in [0.15, 0.2) is 0 Å².